The summed E-state index contributed by atoms with van der Waals surface area (Å²) in [5.41, 5.74) is 1.73. The third-order valence-corrected chi connectivity index (χ3v) is 5.92. The highest BCUT2D eigenvalue weighted by Crippen LogP contribution is 2.29. The number of carboxylic acid groups (broad SMARTS) is 1. The Morgan fingerprint density at radius 2 is 1.88 bits per heavy atom. The minimum absolute atomic E-state index is 0.437. The highest BCUT2D eigenvalue weighted by atomic mass is 32.2. The number of thioether (sulfide) groups is 1. The second kappa shape index (κ2) is 8.99. The van der Waals surface area contributed by atoms with Gasteiger partial charge in [0.15, 0.2) is 10.4 Å². The molecular weight excluding hydrogens is 354 g/mol. The Kier molecular flexibility index (Phi) is 6.44. The molecule has 0 aliphatic heterocycles. The van der Waals surface area contributed by atoms with Gasteiger partial charge in [0.05, 0.1) is 10.2 Å². The zero-order valence-corrected chi connectivity index (χ0v) is 15.3. The zero-order valence-electron chi connectivity index (χ0n) is 13.6. The van der Waals surface area contributed by atoms with Crippen molar-refractivity contribution in [3.05, 3.63) is 60.2 Å². The summed E-state index contributed by atoms with van der Waals surface area (Å²) in [6.45, 7) is 0.437. The SMILES string of the molecule is O=C(O)C(OCCCCSc1nc2ccccc2s1)c1ccccc1. The fourth-order valence-corrected chi connectivity index (χ4v) is 4.55. The van der Waals surface area contributed by atoms with Crippen molar-refractivity contribution in [2.75, 3.05) is 12.4 Å². The van der Waals surface area contributed by atoms with Crippen molar-refractivity contribution in [2.24, 2.45) is 0 Å². The molecule has 0 spiro atoms. The van der Waals surface area contributed by atoms with Crippen LogP contribution in [-0.4, -0.2) is 28.4 Å². The summed E-state index contributed by atoms with van der Waals surface area (Å²) in [6, 6.07) is 17.2. The Morgan fingerprint density at radius 1 is 1.12 bits per heavy atom. The van der Waals surface area contributed by atoms with Gasteiger partial charge in [-0.05, 0) is 30.5 Å². The first-order valence-electron chi connectivity index (χ1n) is 8.12. The van der Waals surface area contributed by atoms with Crippen LogP contribution in [0.15, 0.2) is 58.9 Å². The number of aliphatic carboxylic acids is 1. The Morgan fingerprint density at radius 3 is 2.64 bits per heavy atom. The van der Waals surface area contributed by atoms with E-state index >= 15 is 0 Å². The normalized spacial score (nSPS) is 12.3. The van der Waals surface area contributed by atoms with Gasteiger partial charge >= 0.3 is 5.97 Å². The number of thiazole rings is 1. The third kappa shape index (κ3) is 5.04. The molecule has 0 radical (unpaired) electrons. The quantitative estimate of drug-likeness (QED) is 0.422. The van der Waals surface area contributed by atoms with E-state index in [1.165, 1.54) is 4.70 Å². The van der Waals surface area contributed by atoms with Gasteiger partial charge in [0.2, 0.25) is 0 Å². The molecule has 0 aliphatic carbocycles. The van der Waals surface area contributed by atoms with E-state index in [9.17, 15) is 9.90 Å². The van der Waals surface area contributed by atoms with Crippen LogP contribution in [0.4, 0.5) is 0 Å². The molecule has 130 valence electrons. The number of hydrogen-bond donors (Lipinski definition) is 1. The molecule has 0 aliphatic rings. The molecule has 25 heavy (non-hydrogen) atoms. The topological polar surface area (TPSA) is 59.4 Å². The number of carboxylic acids is 1. The maximum absolute atomic E-state index is 11.4. The molecule has 1 atom stereocenters. The number of nitrogens with zero attached hydrogens (tertiary/aromatic N) is 1. The summed E-state index contributed by atoms with van der Waals surface area (Å²) in [5.74, 6) is 0.00162. The van der Waals surface area contributed by atoms with Crippen molar-refractivity contribution in [2.45, 2.75) is 23.3 Å². The molecule has 0 saturated carbocycles. The lowest BCUT2D eigenvalue weighted by atomic mass is 10.1. The molecular formula is C19H19NO3S2. The molecule has 3 rings (SSSR count). The van der Waals surface area contributed by atoms with E-state index in [1.54, 1.807) is 35.2 Å². The first kappa shape index (κ1) is 17.9. The van der Waals surface area contributed by atoms with Crippen LogP contribution >= 0.6 is 23.1 Å². The number of aromatic nitrogens is 1. The Bertz CT molecular complexity index is 787. The minimum atomic E-state index is -0.949. The largest absolute Gasteiger partial charge is 0.479 e. The molecule has 0 amide bonds. The smallest absolute Gasteiger partial charge is 0.337 e. The van der Waals surface area contributed by atoms with E-state index in [4.69, 9.17) is 4.74 Å². The first-order valence-corrected chi connectivity index (χ1v) is 9.92. The van der Waals surface area contributed by atoms with Crippen LogP contribution in [0.3, 0.4) is 0 Å². The number of benzene rings is 2. The van der Waals surface area contributed by atoms with Crippen LogP contribution in [-0.2, 0) is 9.53 Å². The van der Waals surface area contributed by atoms with Crippen LogP contribution < -0.4 is 0 Å². The number of fused-ring (bicyclic) bond motifs is 1. The second-order valence-electron chi connectivity index (χ2n) is 5.50. The van der Waals surface area contributed by atoms with E-state index in [-0.39, 0.29) is 0 Å². The molecule has 2 aromatic carbocycles. The minimum Gasteiger partial charge on any atom is -0.479 e. The van der Waals surface area contributed by atoms with Crippen molar-refractivity contribution >= 4 is 39.3 Å². The number of rotatable bonds is 9. The number of carbonyl (C=O) groups is 1. The van der Waals surface area contributed by atoms with Gasteiger partial charge < -0.3 is 9.84 Å². The van der Waals surface area contributed by atoms with Gasteiger partial charge in [-0.25, -0.2) is 9.78 Å². The standard InChI is InChI=1S/C19H19NO3S2/c21-18(22)17(14-8-2-1-3-9-14)23-12-6-7-13-24-19-20-15-10-4-5-11-16(15)25-19/h1-5,8-11,17H,6-7,12-13H2,(H,21,22). The monoisotopic (exact) mass is 373 g/mol. The predicted molar refractivity (Wildman–Crippen MR) is 102 cm³/mol. The zero-order chi connectivity index (χ0) is 17.5. The number of para-hydroxylation sites is 1. The molecule has 0 bridgehead atoms. The van der Waals surface area contributed by atoms with E-state index in [0.717, 1.165) is 28.5 Å². The highest BCUT2D eigenvalue weighted by molar-refractivity contribution is 8.01. The molecule has 1 heterocycles. The van der Waals surface area contributed by atoms with Crippen molar-refractivity contribution in [3.8, 4) is 0 Å². The van der Waals surface area contributed by atoms with Crippen molar-refractivity contribution in [1.29, 1.82) is 0 Å². The Balaban J connectivity index is 1.40. The Labute approximate surface area is 154 Å². The van der Waals surface area contributed by atoms with Crippen LogP contribution in [0.25, 0.3) is 10.2 Å². The van der Waals surface area contributed by atoms with Crippen molar-refractivity contribution < 1.29 is 14.6 Å². The number of unbranched alkanes of at least 4 members (excludes halogenated alkanes) is 1. The van der Waals surface area contributed by atoms with Gasteiger partial charge in [0.25, 0.3) is 0 Å². The van der Waals surface area contributed by atoms with E-state index in [1.807, 2.05) is 36.4 Å². The van der Waals surface area contributed by atoms with E-state index < -0.39 is 12.1 Å². The van der Waals surface area contributed by atoms with Crippen LogP contribution in [0, 0.1) is 0 Å². The van der Waals surface area contributed by atoms with Crippen LogP contribution in [0.2, 0.25) is 0 Å². The van der Waals surface area contributed by atoms with Gasteiger partial charge in [-0.1, -0.05) is 54.2 Å². The average molecular weight is 373 g/mol. The summed E-state index contributed by atoms with van der Waals surface area (Å²) < 4.78 is 7.86. The summed E-state index contributed by atoms with van der Waals surface area (Å²) in [5, 5.41) is 9.31. The molecule has 1 aromatic heterocycles. The molecule has 0 fully saturated rings. The lowest BCUT2D eigenvalue weighted by molar-refractivity contribution is -0.151. The van der Waals surface area contributed by atoms with Crippen LogP contribution in [0.5, 0.6) is 0 Å². The van der Waals surface area contributed by atoms with Gasteiger partial charge in [0, 0.05) is 12.4 Å². The lowest BCUT2D eigenvalue weighted by Crippen LogP contribution is -2.16. The molecule has 3 aromatic rings. The highest BCUT2D eigenvalue weighted by Gasteiger charge is 2.19. The lowest BCUT2D eigenvalue weighted by Gasteiger charge is -2.13. The van der Waals surface area contributed by atoms with E-state index in [2.05, 4.69) is 11.1 Å². The van der Waals surface area contributed by atoms with Crippen molar-refractivity contribution in [1.82, 2.24) is 4.98 Å². The summed E-state index contributed by atoms with van der Waals surface area (Å²) >= 11 is 3.45. The molecule has 6 heteroatoms. The maximum Gasteiger partial charge on any atom is 0.337 e. The summed E-state index contributed by atoms with van der Waals surface area (Å²) in [6.07, 6.45) is 0.897. The van der Waals surface area contributed by atoms with Crippen molar-refractivity contribution in [3.63, 3.8) is 0 Å². The molecule has 4 nitrogen and oxygen atoms in total. The predicted octanol–water partition coefficient (Wildman–Crippen LogP) is 5.01. The average Bonchev–Trinajstić information content (AvgIpc) is 3.04. The fourth-order valence-electron chi connectivity index (χ4n) is 2.42. The number of hydrogen-bond acceptors (Lipinski definition) is 5. The van der Waals surface area contributed by atoms with Gasteiger partial charge in [-0.2, -0.15) is 0 Å². The summed E-state index contributed by atoms with van der Waals surface area (Å²) in [7, 11) is 0. The third-order valence-electron chi connectivity index (χ3n) is 3.65. The fraction of sp³-hybridized carbons (Fsp3) is 0.263. The molecule has 0 saturated heterocycles. The maximum atomic E-state index is 11.4. The van der Waals surface area contributed by atoms with Gasteiger partial charge in [-0.3, -0.25) is 0 Å². The Hall–Kier alpha value is -1.89. The second-order valence-corrected chi connectivity index (χ2v) is 7.88. The number of ether oxygens (including phenoxy) is 1. The van der Waals surface area contributed by atoms with Crippen LogP contribution in [0.1, 0.15) is 24.5 Å². The van der Waals surface area contributed by atoms with Gasteiger partial charge in [-0.15, -0.1) is 11.3 Å². The van der Waals surface area contributed by atoms with E-state index in [0.29, 0.717) is 12.2 Å². The first-order chi connectivity index (χ1) is 12.2. The summed E-state index contributed by atoms with van der Waals surface area (Å²) in [4.78, 5) is 15.9. The molecule has 1 N–H and O–H groups in total. The molecule has 1 unspecified atom stereocenters. The van der Waals surface area contributed by atoms with Gasteiger partial charge in [0.1, 0.15) is 0 Å².